The fraction of sp³-hybridized carbons (Fsp3) is 0.844. The average molecular weight is 704 g/mol. The Balaban J connectivity index is 3.97. The summed E-state index contributed by atoms with van der Waals surface area (Å²) in [6.45, 7) is 7.67. The summed E-state index contributed by atoms with van der Waals surface area (Å²) in [5, 5.41) is 0. The second-order valence-corrected chi connectivity index (χ2v) is 14.7. The van der Waals surface area contributed by atoms with E-state index in [0.29, 0.717) is 19.6 Å². The Morgan fingerprint density at radius 2 is 0.960 bits per heavy atom. The lowest BCUT2D eigenvalue weighted by molar-refractivity contribution is -0.150. The monoisotopic (exact) mass is 704 g/mol. The molecule has 0 heterocycles. The molecule has 50 heavy (non-hydrogen) atoms. The highest BCUT2D eigenvalue weighted by Gasteiger charge is 2.13. The minimum Gasteiger partial charge on any atom is -0.463 e. The Kier molecular flexibility index (Phi) is 40.8. The lowest BCUT2D eigenvalue weighted by atomic mass is 10.1. The van der Waals surface area contributed by atoms with Gasteiger partial charge in [-0.15, -0.1) is 0 Å². The van der Waals surface area contributed by atoms with Crippen LogP contribution < -0.4 is 0 Å². The number of hydrogen-bond donors (Lipinski definition) is 0. The maximum Gasteiger partial charge on any atom is 0.305 e. The third kappa shape index (κ3) is 41.0. The maximum absolute atomic E-state index is 12.3. The fourth-order valence-corrected chi connectivity index (χ4v) is 5.95. The van der Waals surface area contributed by atoms with Crippen LogP contribution in [0.1, 0.15) is 194 Å². The summed E-state index contributed by atoms with van der Waals surface area (Å²) in [5.74, 6) is -0.136. The van der Waals surface area contributed by atoms with Gasteiger partial charge in [-0.1, -0.05) is 147 Å². The number of carbonyl (C=O) groups excluding carboxylic acids is 1. The van der Waals surface area contributed by atoms with Gasteiger partial charge in [-0.05, 0) is 97.7 Å². The zero-order valence-corrected chi connectivity index (χ0v) is 34.0. The largest absolute Gasteiger partial charge is 0.463 e. The molecule has 0 rings (SSSR count). The van der Waals surface area contributed by atoms with Crippen LogP contribution in [0, 0.1) is 0 Å². The molecule has 0 radical (unpaired) electrons. The van der Waals surface area contributed by atoms with E-state index in [1.165, 1.54) is 148 Å². The Hall–Kier alpha value is -1.43. The first-order chi connectivity index (χ1) is 24.6. The summed E-state index contributed by atoms with van der Waals surface area (Å²) in [6, 6.07) is 0. The number of esters is 1. The Bertz CT molecular complexity index is 762. The van der Waals surface area contributed by atoms with E-state index in [2.05, 4.69) is 55.2 Å². The number of unbranched alkanes of at least 4 members (excludes halogenated alkanes) is 21. The third-order valence-corrected chi connectivity index (χ3v) is 9.22. The molecule has 0 fully saturated rings. The van der Waals surface area contributed by atoms with Crippen molar-refractivity contribution < 1.29 is 19.0 Å². The fourth-order valence-electron chi connectivity index (χ4n) is 5.95. The molecule has 0 aliphatic rings. The van der Waals surface area contributed by atoms with E-state index < -0.39 is 0 Å². The SMILES string of the molecule is CCCCC/C=C\C/C=C\CCCCCCCCOCC(COC(=O)CCCN(C)C)OCCCCCCCC/C=C\CCCCCCCC. The molecule has 0 aromatic heterocycles. The van der Waals surface area contributed by atoms with Crippen LogP contribution in [0.2, 0.25) is 0 Å². The van der Waals surface area contributed by atoms with Gasteiger partial charge in [-0.25, -0.2) is 0 Å². The molecular formula is C45H85NO4. The Morgan fingerprint density at radius 3 is 1.50 bits per heavy atom. The second-order valence-electron chi connectivity index (χ2n) is 14.7. The summed E-state index contributed by atoms with van der Waals surface area (Å²) in [4.78, 5) is 14.3. The van der Waals surface area contributed by atoms with Gasteiger partial charge in [0.15, 0.2) is 0 Å². The normalized spacial score (nSPS) is 12.7. The highest BCUT2D eigenvalue weighted by molar-refractivity contribution is 5.69. The number of rotatable bonds is 40. The smallest absolute Gasteiger partial charge is 0.305 e. The van der Waals surface area contributed by atoms with E-state index in [9.17, 15) is 4.79 Å². The molecule has 0 amide bonds. The first-order valence-electron chi connectivity index (χ1n) is 21.5. The number of hydrogen-bond acceptors (Lipinski definition) is 5. The van der Waals surface area contributed by atoms with Gasteiger partial charge in [-0.3, -0.25) is 4.79 Å². The van der Waals surface area contributed by atoms with Gasteiger partial charge in [0.1, 0.15) is 12.7 Å². The van der Waals surface area contributed by atoms with Crippen molar-refractivity contribution >= 4 is 5.97 Å². The molecule has 5 nitrogen and oxygen atoms in total. The number of allylic oxidation sites excluding steroid dienone is 6. The van der Waals surface area contributed by atoms with Gasteiger partial charge < -0.3 is 19.1 Å². The van der Waals surface area contributed by atoms with Crippen LogP contribution in [0.5, 0.6) is 0 Å². The Morgan fingerprint density at radius 1 is 0.520 bits per heavy atom. The van der Waals surface area contributed by atoms with Crippen molar-refractivity contribution in [2.75, 3.05) is 47.1 Å². The van der Waals surface area contributed by atoms with Gasteiger partial charge in [-0.2, -0.15) is 0 Å². The van der Waals surface area contributed by atoms with Crippen molar-refractivity contribution in [1.29, 1.82) is 0 Å². The van der Waals surface area contributed by atoms with Gasteiger partial charge in [0.2, 0.25) is 0 Å². The van der Waals surface area contributed by atoms with E-state index in [-0.39, 0.29) is 18.7 Å². The zero-order valence-electron chi connectivity index (χ0n) is 34.0. The van der Waals surface area contributed by atoms with Crippen LogP contribution >= 0.6 is 0 Å². The first kappa shape index (κ1) is 48.6. The van der Waals surface area contributed by atoms with Crippen molar-refractivity contribution in [1.82, 2.24) is 4.90 Å². The van der Waals surface area contributed by atoms with Gasteiger partial charge >= 0.3 is 5.97 Å². The number of carbonyl (C=O) groups is 1. The van der Waals surface area contributed by atoms with Gasteiger partial charge in [0.05, 0.1) is 6.61 Å². The molecule has 0 aromatic rings. The minimum absolute atomic E-state index is 0.136. The summed E-state index contributed by atoms with van der Waals surface area (Å²) in [7, 11) is 4.05. The average Bonchev–Trinajstić information content (AvgIpc) is 3.10. The molecule has 1 atom stereocenters. The molecule has 0 aliphatic heterocycles. The van der Waals surface area contributed by atoms with Crippen molar-refractivity contribution in [2.45, 2.75) is 200 Å². The van der Waals surface area contributed by atoms with Crippen molar-refractivity contribution in [3.8, 4) is 0 Å². The summed E-state index contributed by atoms with van der Waals surface area (Å²) >= 11 is 0. The quantitative estimate of drug-likeness (QED) is 0.0361. The van der Waals surface area contributed by atoms with E-state index in [0.717, 1.165) is 38.8 Å². The first-order valence-corrected chi connectivity index (χ1v) is 21.5. The van der Waals surface area contributed by atoms with Crippen molar-refractivity contribution in [2.24, 2.45) is 0 Å². The molecule has 0 N–H and O–H groups in total. The van der Waals surface area contributed by atoms with Gasteiger partial charge in [0.25, 0.3) is 0 Å². The minimum atomic E-state index is -0.180. The molecular weight excluding hydrogens is 618 g/mol. The second kappa shape index (κ2) is 42.0. The van der Waals surface area contributed by atoms with Crippen LogP contribution in [-0.4, -0.2) is 64.0 Å². The van der Waals surface area contributed by atoms with E-state index >= 15 is 0 Å². The van der Waals surface area contributed by atoms with E-state index in [1.54, 1.807) is 0 Å². The number of nitrogens with zero attached hydrogens (tertiary/aromatic N) is 1. The molecule has 1 unspecified atom stereocenters. The highest BCUT2D eigenvalue weighted by atomic mass is 16.6. The lowest BCUT2D eigenvalue weighted by Crippen LogP contribution is -2.28. The van der Waals surface area contributed by atoms with E-state index in [1.807, 2.05) is 14.1 Å². The van der Waals surface area contributed by atoms with Crippen molar-refractivity contribution in [3.05, 3.63) is 36.5 Å². The predicted octanol–water partition coefficient (Wildman–Crippen LogP) is 13.1. The highest BCUT2D eigenvalue weighted by Crippen LogP contribution is 2.12. The summed E-state index contributed by atoms with van der Waals surface area (Å²) in [5.41, 5.74) is 0. The Labute approximate surface area is 312 Å². The number of ether oxygens (including phenoxy) is 3. The maximum atomic E-state index is 12.3. The topological polar surface area (TPSA) is 48.0 Å². The third-order valence-electron chi connectivity index (χ3n) is 9.22. The zero-order chi connectivity index (χ0) is 36.4. The molecule has 0 spiro atoms. The molecule has 0 aliphatic carbocycles. The molecule has 5 heteroatoms. The molecule has 0 saturated carbocycles. The molecule has 294 valence electrons. The van der Waals surface area contributed by atoms with Crippen LogP contribution in [0.4, 0.5) is 0 Å². The van der Waals surface area contributed by atoms with Crippen LogP contribution in [0.25, 0.3) is 0 Å². The van der Waals surface area contributed by atoms with Crippen LogP contribution in [-0.2, 0) is 19.0 Å². The summed E-state index contributed by atoms with van der Waals surface area (Å²) < 4.78 is 17.7. The lowest BCUT2D eigenvalue weighted by Gasteiger charge is -2.18. The van der Waals surface area contributed by atoms with Crippen LogP contribution in [0.15, 0.2) is 36.5 Å². The summed E-state index contributed by atoms with van der Waals surface area (Å²) in [6.07, 6.45) is 48.3. The van der Waals surface area contributed by atoms with Crippen LogP contribution in [0.3, 0.4) is 0 Å². The van der Waals surface area contributed by atoms with Crippen molar-refractivity contribution in [3.63, 3.8) is 0 Å². The van der Waals surface area contributed by atoms with Gasteiger partial charge in [0, 0.05) is 19.6 Å². The predicted molar refractivity (Wildman–Crippen MR) is 218 cm³/mol. The molecule has 0 saturated heterocycles. The molecule has 0 aromatic carbocycles. The molecule has 0 bridgehead atoms. The standard InChI is InChI=1S/C45H85NO4/c1-5-7-9-11-13-15-17-19-21-23-25-27-29-31-33-35-40-48-42-44(43-50-45(47)38-37-39-46(3)4)49-41-36-34-32-30-28-26-24-22-20-18-16-14-12-10-8-6-2/h13,15,19-22,44H,5-12,14,16-18,23-43H2,1-4H3/b15-13-,21-19-,22-20-. The van der Waals surface area contributed by atoms with E-state index in [4.69, 9.17) is 14.2 Å².